The van der Waals surface area contributed by atoms with Crippen LogP contribution in [0.1, 0.15) is 26.0 Å². The van der Waals surface area contributed by atoms with Crippen LogP contribution < -0.4 is 11.1 Å². The van der Waals surface area contributed by atoms with Crippen LogP contribution in [0, 0.1) is 0 Å². The summed E-state index contributed by atoms with van der Waals surface area (Å²) >= 11 is 0. The van der Waals surface area contributed by atoms with Crippen molar-refractivity contribution in [3.63, 3.8) is 0 Å². The molecule has 0 radical (unpaired) electrons. The van der Waals surface area contributed by atoms with Crippen LogP contribution in [-0.2, 0) is 13.5 Å². The van der Waals surface area contributed by atoms with Crippen LogP contribution >= 0.6 is 0 Å². The number of hydrogen-bond donors (Lipinski definition) is 2. The van der Waals surface area contributed by atoms with Gasteiger partial charge in [-0.2, -0.15) is 5.10 Å². The molecule has 1 atom stereocenters. The van der Waals surface area contributed by atoms with Gasteiger partial charge in [-0.3, -0.25) is 4.68 Å². The Morgan fingerprint density at radius 2 is 2.33 bits per heavy atom. The Balaban J connectivity index is 2.84. The summed E-state index contributed by atoms with van der Waals surface area (Å²) in [6, 6.07) is 0.324. The second-order valence-electron chi connectivity index (χ2n) is 3.76. The van der Waals surface area contributed by atoms with Crippen LogP contribution in [-0.4, -0.2) is 15.8 Å². The molecule has 0 saturated heterocycles. The molecule has 0 aromatic carbocycles. The van der Waals surface area contributed by atoms with Gasteiger partial charge in [0.25, 0.3) is 0 Å². The number of aryl methyl sites for hydroxylation is 2. The number of rotatable bonds is 5. The summed E-state index contributed by atoms with van der Waals surface area (Å²) in [4.78, 5) is 0. The highest BCUT2D eigenvalue weighted by molar-refractivity contribution is 5.65. The summed E-state index contributed by atoms with van der Waals surface area (Å²) in [6.07, 6.45) is 3.66. The molecule has 0 aliphatic heterocycles. The summed E-state index contributed by atoms with van der Waals surface area (Å²) in [6.45, 7) is 7.86. The molecule has 1 rings (SSSR count). The van der Waals surface area contributed by atoms with Gasteiger partial charge in [-0.25, -0.2) is 0 Å². The lowest BCUT2D eigenvalue weighted by molar-refractivity contribution is 0.725. The van der Waals surface area contributed by atoms with E-state index in [-0.39, 0.29) is 0 Å². The van der Waals surface area contributed by atoms with Crippen LogP contribution in [0.2, 0.25) is 0 Å². The molecular formula is C11H20N4. The van der Waals surface area contributed by atoms with E-state index in [0.29, 0.717) is 6.04 Å². The second kappa shape index (κ2) is 4.87. The molecule has 0 fully saturated rings. The minimum Gasteiger partial charge on any atom is -0.394 e. The van der Waals surface area contributed by atoms with E-state index >= 15 is 0 Å². The second-order valence-corrected chi connectivity index (χ2v) is 3.76. The zero-order chi connectivity index (χ0) is 11.4. The smallest absolute Gasteiger partial charge is 0.147 e. The number of hydrogen-bond acceptors (Lipinski definition) is 3. The van der Waals surface area contributed by atoms with Gasteiger partial charge < -0.3 is 11.1 Å². The van der Waals surface area contributed by atoms with Crippen molar-refractivity contribution in [2.75, 3.05) is 11.1 Å². The Bertz CT molecular complexity index is 341. The summed E-state index contributed by atoms with van der Waals surface area (Å²) in [5.41, 5.74) is 7.70. The molecule has 84 valence electrons. The number of anilines is 2. The highest BCUT2D eigenvalue weighted by atomic mass is 15.3. The third kappa shape index (κ3) is 2.52. The minimum absolute atomic E-state index is 0.324. The van der Waals surface area contributed by atoms with Crippen molar-refractivity contribution in [1.82, 2.24) is 9.78 Å². The lowest BCUT2D eigenvalue weighted by Gasteiger charge is -2.13. The maximum absolute atomic E-state index is 5.99. The average Bonchev–Trinajstić information content (AvgIpc) is 2.45. The molecule has 0 saturated carbocycles. The van der Waals surface area contributed by atoms with Crippen molar-refractivity contribution < 1.29 is 0 Å². The van der Waals surface area contributed by atoms with E-state index in [9.17, 15) is 0 Å². The van der Waals surface area contributed by atoms with E-state index in [4.69, 9.17) is 5.73 Å². The maximum atomic E-state index is 5.99. The standard InChI is InChI=1S/C11H20N4/c1-5-7-8(3)13-11-10(12)9(6-2)14-15(11)4/h5,8,13H,1,6-7,12H2,2-4H3. The molecule has 0 aliphatic rings. The molecule has 0 spiro atoms. The summed E-state index contributed by atoms with van der Waals surface area (Å²) in [5, 5.41) is 7.68. The van der Waals surface area contributed by atoms with Crippen LogP contribution in [0.25, 0.3) is 0 Å². The van der Waals surface area contributed by atoms with Gasteiger partial charge in [0.1, 0.15) is 5.82 Å². The topological polar surface area (TPSA) is 55.9 Å². The normalized spacial score (nSPS) is 12.5. The molecule has 1 aromatic rings. The van der Waals surface area contributed by atoms with E-state index in [1.807, 2.05) is 13.1 Å². The van der Waals surface area contributed by atoms with Crippen molar-refractivity contribution >= 4 is 11.5 Å². The van der Waals surface area contributed by atoms with Gasteiger partial charge in [0.15, 0.2) is 0 Å². The fraction of sp³-hybridized carbons (Fsp3) is 0.545. The lowest BCUT2D eigenvalue weighted by Crippen LogP contribution is -2.17. The third-order valence-corrected chi connectivity index (χ3v) is 2.40. The summed E-state index contributed by atoms with van der Waals surface area (Å²) in [7, 11) is 1.90. The van der Waals surface area contributed by atoms with Gasteiger partial charge in [0, 0.05) is 13.1 Å². The van der Waals surface area contributed by atoms with Crippen LogP contribution in [0.15, 0.2) is 12.7 Å². The highest BCUT2D eigenvalue weighted by Gasteiger charge is 2.12. The predicted octanol–water partition coefficient (Wildman–Crippen LogP) is 1.94. The van der Waals surface area contributed by atoms with E-state index in [0.717, 1.165) is 30.0 Å². The maximum Gasteiger partial charge on any atom is 0.147 e. The number of nitrogens with two attached hydrogens (primary N) is 1. The van der Waals surface area contributed by atoms with E-state index in [1.165, 1.54) is 0 Å². The number of nitrogen functional groups attached to an aromatic ring is 1. The minimum atomic E-state index is 0.324. The fourth-order valence-electron chi connectivity index (χ4n) is 1.57. The van der Waals surface area contributed by atoms with Gasteiger partial charge in [0.05, 0.1) is 11.4 Å². The Hall–Kier alpha value is -1.45. The van der Waals surface area contributed by atoms with E-state index < -0.39 is 0 Å². The predicted molar refractivity (Wildman–Crippen MR) is 64.9 cm³/mol. The molecule has 1 unspecified atom stereocenters. The fourth-order valence-corrected chi connectivity index (χ4v) is 1.57. The largest absolute Gasteiger partial charge is 0.394 e. The van der Waals surface area contributed by atoms with Gasteiger partial charge in [-0.05, 0) is 19.8 Å². The first kappa shape index (κ1) is 11.6. The molecule has 1 aromatic heterocycles. The molecule has 0 bridgehead atoms. The van der Waals surface area contributed by atoms with Gasteiger partial charge in [-0.15, -0.1) is 6.58 Å². The quantitative estimate of drug-likeness (QED) is 0.727. The van der Waals surface area contributed by atoms with E-state index in [1.54, 1.807) is 4.68 Å². The van der Waals surface area contributed by atoms with Crippen molar-refractivity contribution in [1.29, 1.82) is 0 Å². The molecule has 0 amide bonds. The van der Waals surface area contributed by atoms with Crippen molar-refractivity contribution in [3.8, 4) is 0 Å². The van der Waals surface area contributed by atoms with Gasteiger partial charge in [-0.1, -0.05) is 13.0 Å². The summed E-state index contributed by atoms with van der Waals surface area (Å²) < 4.78 is 1.80. The first-order valence-electron chi connectivity index (χ1n) is 5.28. The zero-order valence-corrected chi connectivity index (χ0v) is 9.75. The Morgan fingerprint density at radius 3 is 2.80 bits per heavy atom. The van der Waals surface area contributed by atoms with Crippen LogP contribution in [0.3, 0.4) is 0 Å². The third-order valence-electron chi connectivity index (χ3n) is 2.40. The molecule has 0 aliphatic carbocycles. The monoisotopic (exact) mass is 208 g/mol. The molecule has 15 heavy (non-hydrogen) atoms. The molecular weight excluding hydrogens is 188 g/mol. The first-order valence-corrected chi connectivity index (χ1v) is 5.28. The average molecular weight is 208 g/mol. The Morgan fingerprint density at radius 1 is 1.67 bits per heavy atom. The molecule has 1 heterocycles. The first-order chi connectivity index (χ1) is 7.10. The van der Waals surface area contributed by atoms with Crippen LogP contribution in [0.4, 0.5) is 11.5 Å². The molecule has 4 heteroatoms. The van der Waals surface area contributed by atoms with Gasteiger partial charge in [0.2, 0.25) is 0 Å². The number of nitrogens with zero attached hydrogens (tertiary/aromatic N) is 2. The Labute approximate surface area is 91.2 Å². The zero-order valence-electron chi connectivity index (χ0n) is 9.75. The van der Waals surface area contributed by atoms with Crippen LogP contribution in [0.5, 0.6) is 0 Å². The summed E-state index contributed by atoms with van der Waals surface area (Å²) in [5.74, 6) is 0.904. The van der Waals surface area contributed by atoms with E-state index in [2.05, 4.69) is 30.8 Å². The van der Waals surface area contributed by atoms with Crippen molar-refractivity contribution in [3.05, 3.63) is 18.3 Å². The molecule has 3 N–H and O–H groups in total. The highest BCUT2D eigenvalue weighted by Crippen LogP contribution is 2.23. The SMILES string of the molecule is C=CCC(C)Nc1c(N)c(CC)nn1C. The molecule has 4 nitrogen and oxygen atoms in total. The van der Waals surface area contributed by atoms with Gasteiger partial charge >= 0.3 is 0 Å². The van der Waals surface area contributed by atoms with Crippen molar-refractivity contribution in [2.45, 2.75) is 32.7 Å². The number of aromatic nitrogens is 2. The lowest BCUT2D eigenvalue weighted by atomic mass is 10.2. The Kier molecular flexibility index (Phi) is 3.77. The van der Waals surface area contributed by atoms with Crippen molar-refractivity contribution in [2.24, 2.45) is 7.05 Å². The number of nitrogens with one attached hydrogen (secondary N) is 1.